The standard InChI is InChI=1S/C11H21NO/c1-12-10(8-4-3-5-8)11(13-2)9-6-7-9/h8-12H,3-7H2,1-2H3. The molecule has 0 amide bonds. The van der Waals surface area contributed by atoms with Gasteiger partial charge in [0.25, 0.3) is 0 Å². The number of ether oxygens (including phenoxy) is 1. The van der Waals surface area contributed by atoms with Crippen LogP contribution in [0.2, 0.25) is 0 Å². The third-order valence-electron chi connectivity index (χ3n) is 3.70. The number of methoxy groups -OCH3 is 1. The summed E-state index contributed by atoms with van der Waals surface area (Å²) in [5, 5.41) is 3.45. The zero-order chi connectivity index (χ0) is 9.26. The van der Waals surface area contributed by atoms with Crippen molar-refractivity contribution in [3.63, 3.8) is 0 Å². The molecule has 2 atom stereocenters. The molecule has 0 aliphatic heterocycles. The Morgan fingerprint density at radius 3 is 2.15 bits per heavy atom. The lowest BCUT2D eigenvalue weighted by Gasteiger charge is -2.38. The second kappa shape index (κ2) is 3.97. The maximum absolute atomic E-state index is 5.62. The quantitative estimate of drug-likeness (QED) is 0.701. The van der Waals surface area contributed by atoms with E-state index >= 15 is 0 Å². The topological polar surface area (TPSA) is 21.3 Å². The number of likely N-dealkylation sites (N-methyl/N-ethyl adjacent to an activating group) is 1. The van der Waals surface area contributed by atoms with Crippen molar-refractivity contribution in [1.82, 2.24) is 5.32 Å². The SMILES string of the molecule is CNC(C1CCC1)C(OC)C1CC1. The van der Waals surface area contributed by atoms with Crippen molar-refractivity contribution in [2.24, 2.45) is 11.8 Å². The maximum Gasteiger partial charge on any atom is 0.0754 e. The number of hydrogen-bond acceptors (Lipinski definition) is 2. The van der Waals surface area contributed by atoms with Gasteiger partial charge in [-0.3, -0.25) is 0 Å². The summed E-state index contributed by atoms with van der Waals surface area (Å²) in [6.45, 7) is 0. The molecule has 2 saturated carbocycles. The predicted molar refractivity (Wildman–Crippen MR) is 53.7 cm³/mol. The molecule has 2 unspecified atom stereocenters. The van der Waals surface area contributed by atoms with Gasteiger partial charge < -0.3 is 10.1 Å². The molecule has 2 heteroatoms. The van der Waals surface area contributed by atoms with Crippen LogP contribution in [0.15, 0.2) is 0 Å². The molecular weight excluding hydrogens is 162 g/mol. The number of nitrogens with one attached hydrogen (secondary N) is 1. The predicted octanol–water partition coefficient (Wildman–Crippen LogP) is 1.80. The monoisotopic (exact) mass is 183 g/mol. The minimum absolute atomic E-state index is 0.482. The molecule has 2 aliphatic carbocycles. The van der Waals surface area contributed by atoms with Crippen molar-refractivity contribution in [3.05, 3.63) is 0 Å². The molecule has 0 aromatic rings. The Balaban J connectivity index is 1.91. The van der Waals surface area contributed by atoms with E-state index in [1.807, 2.05) is 7.11 Å². The minimum atomic E-state index is 0.482. The fourth-order valence-corrected chi connectivity index (χ4v) is 2.52. The van der Waals surface area contributed by atoms with Crippen molar-refractivity contribution in [3.8, 4) is 0 Å². The molecule has 2 rings (SSSR count). The summed E-state index contributed by atoms with van der Waals surface area (Å²) in [5.41, 5.74) is 0. The van der Waals surface area contributed by atoms with Crippen LogP contribution in [0.1, 0.15) is 32.1 Å². The summed E-state index contributed by atoms with van der Waals surface area (Å²) in [7, 11) is 3.95. The van der Waals surface area contributed by atoms with Gasteiger partial charge in [-0.2, -0.15) is 0 Å². The molecular formula is C11H21NO. The molecule has 2 aliphatic rings. The third kappa shape index (κ3) is 1.89. The molecule has 13 heavy (non-hydrogen) atoms. The summed E-state index contributed by atoms with van der Waals surface area (Å²) in [6, 6.07) is 0.617. The van der Waals surface area contributed by atoms with Gasteiger partial charge in [0.2, 0.25) is 0 Å². The van der Waals surface area contributed by atoms with Crippen molar-refractivity contribution in [1.29, 1.82) is 0 Å². The molecule has 2 fully saturated rings. The Bertz CT molecular complexity index is 163. The van der Waals surface area contributed by atoms with E-state index in [9.17, 15) is 0 Å². The molecule has 0 saturated heterocycles. The average molecular weight is 183 g/mol. The van der Waals surface area contributed by atoms with Crippen molar-refractivity contribution in [2.45, 2.75) is 44.2 Å². The van der Waals surface area contributed by atoms with Gasteiger partial charge in [0.15, 0.2) is 0 Å². The fraction of sp³-hybridized carbons (Fsp3) is 1.00. The smallest absolute Gasteiger partial charge is 0.0754 e. The molecule has 76 valence electrons. The third-order valence-corrected chi connectivity index (χ3v) is 3.70. The van der Waals surface area contributed by atoms with Gasteiger partial charge in [0, 0.05) is 13.2 Å². The zero-order valence-corrected chi connectivity index (χ0v) is 8.75. The first kappa shape index (κ1) is 9.47. The lowest BCUT2D eigenvalue weighted by Crippen LogP contribution is -2.48. The number of rotatable bonds is 5. The van der Waals surface area contributed by atoms with E-state index in [0.717, 1.165) is 11.8 Å². The van der Waals surface area contributed by atoms with E-state index in [-0.39, 0.29) is 0 Å². The Kier molecular flexibility index (Phi) is 2.89. The Hall–Kier alpha value is -0.0800. The molecule has 0 heterocycles. The Labute approximate surface area is 81.0 Å². The van der Waals surface area contributed by atoms with E-state index in [4.69, 9.17) is 4.74 Å². The Morgan fingerprint density at radius 1 is 1.15 bits per heavy atom. The molecule has 0 aromatic carbocycles. The lowest BCUT2D eigenvalue weighted by atomic mass is 9.77. The molecule has 1 N–H and O–H groups in total. The van der Waals surface area contributed by atoms with Crippen molar-refractivity contribution in [2.75, 3.05) is 14.2 Å². The van der Waals surface area contributed by atoms with Crippen LogP contribution < -0.4 is 5.32 Å². The molecule has 2 nitrogen and oxygen atoms in total. The van der Waals surface area contributed by atoms with E-state index in [2.05, 4.69) is 12.4 Å². The van der Waals surface area contributed by atoms with Gasteiger partial charge in [-0.25, -0.2) is 0 Å². The highest BCUT2D eigenvalue weighted by Gasteiger charge is 2.40. The summed E-state index contributed by atoms with van der Waals surface area (Å²) in [4.78, 5) is 0. The van der Waals surface area contributed by atoms with Crippen LogP contribution >= 0.6 is 0 Å². The molecule has 0 bridgehead atoms. The largest absolute Gasteiger partial charge is 0.380 e. The lowest BCUT2D eigenvalue weighted by molar-refractivity contribution is 0.0183. The van der Waals surface area contributed by atoms with Crippen molar-refractivity contribution >= 4 is 0 Å². The van der Waals surface area contributed by atoms with E-state index in [1.54, 1.807) is 0 Å². The summed E-state index contributed by atoms with van der Waals surface area (Å²) in [5.74, 6) is 1.73. The summed E-state index contributed by atoms with van der Waals surface area (Å²) in [6.07, 6.45) is 7.46. The van der Waals surface area contributed by atoms with Gasteiger partial charge in [-0.15, -0.1) is 0 Å². The van der Waals surface area contributed by atoms with Crippen LogP contribution in [0, 0.1) is 11.8 Å². The van der Waals surface area contributed by atoms with Crippen LogP contribution in [0.5, 0.6) is 0 Å². The maximum atomic E-state index is 5.62. The molecule has 0 aromatic heterocycles. The van der Waals surface area contributed by atoms with Gasteiger partial charge >= 0.3 is 0 Å². The second-order valence-corrected chi connectivity index (χ2v) is 4.54. The highest BCUT2D eigenvalue weighted by molar-refractivity contribution is 4.95. The molecule has 0 spiro atoms. The van der Waals surface area contributed by atoms with Gasteiger partial charge in [-0.1, -0.05) is 6.42 Å². The van der Waals surface area contributed by atoms with Gasteiger partial charge in [0.05, 0.1) is 6.10 Å². The van der Waals surface area contributed by atoms with E-state index in [0.29, 0.717) is 12.1 Å². The normalized spacial score (nSPS) is 28.2. The number of hydrogen-bond donors (Lipinski definition) is 1. The summed E-state index contributed by atoms with van der Waals surface area (Å²) >= 11 is 0. The first-order valence-corrected chi connectivity index (χ1v) is 5.57. The highest BCUT2D eigenvalue weighted by Crippen LogP contribution is 2.40. The minimum Gasteiger partial charge on any atom is -0.380 e. The van der Waals surface area contributed by atoms with Crippen LogP contribution in [0.3, 0.4) is 0 Å². The first-order chi connectivity index (χ1) is 6.36. The van der Waals surface area contributed by atoms with Crippen LogP contribution in [0.4, 0.5) is 0 Å². The highest BCUT2D eigenvalue weighted by atomic mass is 16.5. The first-order valence-electron chi connectivity index (χ1n) is 5.57. The Morgan fingerprint density at radius 2 is 1.85 bits per heavy atom. The van der Waals surface area contributed by atoms with E-state index < -0.39 is 0 Å². The van der Waals surface area contributed by atoms with Crippen LogP contribution in [0.25, 0.3) is 0 Å². The molecule has 0 radical (unpaired) electrons. The van der Waals surface area contributed by atoms with E-state index in [1.165, 1.54) is 32.1 Å². The summed E-state index contributed by atoms with van der Waals surface area (Å²) < 4.78 is 5.62. The van der Waals surface area contributed by atoms with Crippen molar-refractivity contribution < 1.29 is 4.74 Å². The zero-order valence-electron chi connectivity index (χ0n) is 8.75. The van der Waals surface area contributed by atoms with Gasteiger partial charge in [0.1, 0.15) is 0 Å². The van der Waals surface area contributed by atoms with Crippen LogP contribution in [-0.2, 0) is 4.74 Å². The second-order valence-electron chi connectivity index (χ2n) is 4.54. The van der Waals surface area contributed by atoms with Gasteiger partial charge in [-0.05, 0) is 44.6 Å². The average Bonchev–Trinajstić information content (AvgIpc) is 2.84. The fourth-order valence-electron chi connectivity index (χ4n) is 2.52. The van der Waals surface area contributed by atoms with Crippen LogP contribution in [-0.4, -0.2) is 26.3 Å².